The molecule has 1 saturated heterocycles. The van der Waals surface area contributed by atoms with Gasteiger partial charge in [0.25, 0.3) is 0 Å². The number of ether oxygens (including phenoxy) is 3. The van der Waals surface area contributed by atoms with Crippen molar-refractivity contribution in [2.24, 2.45) is 0 Å². The van der Waals surface area contributed by atoms with Crippen LogP contribution in [-0.4, -0.2) is 99.6 Å². The monoisotopic (exact) mass is 1230 g/mol. The molecule has 0 aromatic carbocycles. The molecule has 508 valence electrons. The molecule has 1 aliphatic heterocycles. The molecule has 11 nitrogen and oxygen atoms in total. The van der Waals surface area contributed by atoms with E-state index in [1.807, 2.05) is 6.08 Å². The minimum atomic E-state index is -1.61. The van der Waals surface area contributed by atoms with Crippen LogP contribution >= 0.6 is 0 Å². The number of amides is 1. The minimum absolute atomic E-state index is 0.125. The van der Waals surface area contributed by atoms with Crippen LogP contribution in [0.1, 0.15) is 348 Å². The van der Waals surface area contributed by atoms with Crippen molar-refractivity contribution in [3.8, 4) is 0 Å². The zero-order valence-electron chi connectivity index (χ0n) is 56.6. The third-order valence-corrected chi connectivity index (χ3v) is 17.4. The van der Waals surface area contributed by atoms with Gasteiger partial charge >= 0.3 is 5.97 Å². The lowest BCUT2D eigenvalue weighted by Gasteiger charge is -2.41. The molecule has 0 bridgehead atoms. The lowest BCUT2D eigenvalue weighted by molar-refractivity contribution is -0.305. The average molecular weight is 1230 g/mol. The van der Waals surface area contributed by atoms with E-state index >= 15 is 0 Å². The Balaban J connectivity index is 2.50. The molecule has 0 radical (unpaired) electrons. The molecule has 1 heterocycles. The van der Waals surface area contributed by atoms with Gasteiger partial charge in [-0.25, -0.2) is 0 Å². The average Bonchev–Trinajstić information content (AvgIpc) is 2.93. The Kier molecular flexibility index (Phi) is 60.1. The largest absolute Gasteiger partial charge is 0.454 e. The first-order valence-corrected chi connectivity index (χ1v) is 37.1. The maximum absolute atomic E-state index is 13.5. The number of rotatable bonds is 64. The van der Waals surface area contributed by atoms with Crippen LogP contribution in [0.25, 0.3) is 0 Å². The Morgan fingerprint density at radius 2 is 0.793 bits per heavy atom. The second-order valence-electron chi connectivity index (χ2n) is 25.7. The number of hydrogen-bond donors (Lipinski definition) is 6. The quantitative estimate of drug-likeness (QED) is 0.0195. The van der Waals surface area contributed by atoms with E-state index in [0.717, 1.165) is 77.0 Å². The Hall–Kier alpha value is -2.64. The molecular weight excluding hydrogens is 1090 g/mol. The van der Waals surface area contributed by atoms with Gasteiger partial charge < -0.3 is 45.1 Å². The first kappa shape index (κ1) is 82.4. The van der Waals surface area contributed by atoms with Crippen molar-refractivity contribution in [3.05, 3.63) is 60.8 Å². The highest BCUT2D eigenvalue weighted by molar-refractivity contribution is 5.80. The van der Waals surface area contributed by atoms with Gasteiger partial charge in [0.1, 0.15) is 24.4 Å². The lowest BCUT2D eigenvalue weighted by Crippen LogP contribution is -2.61. The van der Waals surface area contributed by atoms with E-state index < -0.39 is 67.4 Å². The zero-order valence-corrected chi connectivity index (χ0v) is 56.6. The predicted octanol–water partition coefficient (Wildman–Crippen LogP) is 19.3. The second kappa shape index (κ2) is 63.5. The number of hydrogen-bond acceptors (Lipinski definition) is 10. The van der Waals surface area contributed by atoms with Crippen molar-refractivity contribution >= 4 is 11.9 Å². The minimum Gasteiger partial charge on any atom is -0.454 e. The van der Waals surface area contributed by atoms with E-state index in [1.165, 1.54) is 225 Å². The first-order valence-electron chi connectivity index (χ1n) is 37.1. The third kappa shape index (κ3) is 50.7. The summed E-state index contributed by atoms with van der Waals surface area (Å²) in [5, 5.41) is 57.3. The molecule has 11 heteroatoms. The molecule has 0 aliphatic carbocycles. The van der Waals surface area contributed by atoms with Gasteiger partial charge in [0.05, 0.1) is 25.4 Å². The summed E-state index contributed by atoms with van der Waals surface area (Å²) in [5.41, 5.74) is 0. The highest BCUT2D eigenvalue weighted by Gasteiger charge is 2.47. The number of aliphatic hydroxyl groups is 5. The van der Waals surface area contributed by atoms with Gasteiger partial charge in [-0.3, -0.25) is 9.59 Å². The highest BCUT2D eigenvalue weighted by atomic mass is 16.7. The molecule has 8 unspecified atom stereocenters. The molecule has 87 heavy (non-hydrogen) atoms. The summed E-state index contributed by atoms with van der Waals surface area (Å²) < 4.78 is 17.7. The number of nitrogens with one attached hydrogen (secondary N) is 1. The number of aliphatic hydroxyl groups excluding tert-OH is 5. The fourth-order valence-corrected chi connectivity index (χ4v) is 11.5. The second-order valence-corrected chi connectivity index (χ2v) is 25.7. The van der Waals surface area contributed by atoms with Crippen LogP contribution in [0.3, 0.4) is 0 Å². The van der Waals surface area contributed by atoms with E-state index in [4.69, 9.17) is 14.2 Å². The first-order chi connectivity index (χ1) is 42.7. The van der Waals surface area contributed by atoms with E-state index in [1.54, 1.807) is 6.08 Å². The van der Waals surface area contributed by atoms with E-state index in [-0.39, 0.29) is 19.4 Å². The van der Waals surface area contributed by atoms with Crippen LogP contribution in [0.15, 0.2) is 60.8 Å². The van der Waals surface area contributed by atoms with Crippen LogP contribution in [0.4, 0.5) is 0 Å². The van der Waals surface area contributed by atoms with Crippen molar-refractivity contribution in [1.82, 2.24) is 5.32 Å². The van der Waals surface area contributed by atoms with Gasteiger partial charge in [0.15, 0.2) is 12.4 Å². The third-order valence-electron chi connectivity index (χ3n) is 17.4. The molecule has 0 aromatic rings. The topological polar surface area (TPSA) is 175 Å². The fraction of sp³-hybridized carbons (Fsp3) is 0.842. The summed E-state index contributed by atoms with van der Waals surface area (Å²) in [6, 6.07) is -1.03. The Labute approximate surface area is 535 Å². The lowest BCUT2D eigenvalue weighted by atomic mass is 9.99. The normalized spacial score (nSPS) is 18.6. The fourth-order valence-electron chi connectivity index (χ4n) is 11.5. The van der Waals surface area contributed by atoms with Gasteiger partial charge in [-0.2, -0.15) is 0 Å². The van der Waals surface area contributed by atoms with Crippen molar-refractivity contribution in [2.45, 2.75) is 397 Å². The molecule has 6 N–H and O–H groups in total. The standard InChI is InChI=1S/C76H139NO10/c1-4-7-10-13-16-19-22-24-26-28-30-32-33-34-35-36-37-38-40-42-44-46-49-52-55-58-61-64-71(81)87-74-73(83)72(82)70(65-78)86-76(74)85-66-67(68(79)62-59-56-53-50-47-21-18-15-12-9-6-3)77-75(84)69(80)63-60-57-54-51-48-45-43-41-39-31-29-27-25-23-20-17-14-11-8-5-2/h16-17,19-20,24-27,59,62,67-70,72-74,76,78-80,82-83H,4-15,18,21-23,28-58,60-61,63-66H2,1-3H3,(H,77,84)/b19-16-,20-17-,26-24-,27-25-,62-59+. The van der Waals surface area contributed by atoms with Crippen molar-refractivity contribution in [2.75, 3.05) is 13.2 Å². The van der Waals surface area contributed by atoms with Crippen molar-refractivity contribution < 1.29 is 49.3 Å². The maximum atomic E-state index is 13.5. The molecule has 0 saturated carbocycles. The van der Waals surface area contributed by atoms with Crippen LogP contribution in [0, 0.1) is 0 Å². The smallest absolute Gasteiger partial charge is 0.306 e. The summed E-state index contributed by atoms with van der Waals surface area (Å²) in [6.07, 6.45) is 71.3. The molecule has 1 rings (SSSR count). The summed E-state index contributed by atoms with van der Waals surface area (Å²) in [4.78, 5) is 26.7. The van der Waals surface area contributed by atoms with Gasteiger partial charge in [0.2, 0.25) is 5.91 Å². The number of unbranched alkanes of at least 4 members (excludes halogenated alkanes) is 42. The highest BCUT2D eigenvalue weighted by Crippen LogP contribution is 2.26. The molecular formula is C76H139NO10. The number of esters is 1. The van der Waals surface area contributed by atoms with Crippen molar-refractivity contribution in [3.63, 3.8) is 0 Å². The number of carbonyl (C=O) groups excluding carboxylic acids is 2. The SMILES string of the molecule is CCCCC/C=C\C/C=C\CCCCCCCCCCCCCCCCCCCC(=O)OC1C(OCC(NC(=O)C(O)CCCCCCCCCCCC/C=C\C/C=C\CCCCC)C(O)/C=C/CCCCCCCCCCC)OC(CO)C(O)C1O. The van der Waals surface area contributed by atoms with Crippen LogP contribution in [-0.2, 0) is 23.8 Å². The van der Waals surface area contributed by atoms with Gasteiger partial charge in [-0.15, -0.1) is 0 Å². The van der Waals surface area contributed by atoms with Crippen molar-refractivity contribution in [1.29, 1.82) is 0 Å². The summed E-state index contributed by atoms with van der Waals surface area (Å²) in [7, 11) is 0. The zero-order chi connectivity index (χ0) is 63.1. The van der Waals surface area contributed by atoms with E-state index in [9.17, 15) is 35.1 Å². The molecule has 0 aromatic heterocycles. The van der Waals surface area contributed by atoms with Gasteiger partial charge in [0, 0.05) is 6.42 Å². The van der Waals surface area contributed by atoms with Crippen LogP contribution < -0.4 is 5.32 Å². The maximum Gasteiger partial charge on any atom is 0.306 e. The van der Waals surface area contributed by atoms with Crippen LogP contribution in [0.2, 0.25) is 0 Å². The molecule has 8 atom stereocenters. The van der Waals surface area contributed by atoms with Gasteiger partial charge in [-0.1, -0.05) is 313 Å². The summed E-state index contributed by atoms with van der Waals surface area (Å²) >= 11 is 0. The van der Waals surface area contributed by atoms with E-state index in [0.29, 0.717) is 12.8 Å². The number of allylic oxidation sites excluding steroid dienone is 9. The van der Waals surface area contributed by atoms with Crippen LogP contribution in [0.5, 0.6) is 0 Å². The van der Waals surface area contributed by atoms with Gasteiger partial charge in [-0.05, 0) is 89.9 Å². The summed E-state index contributed by atoms with van der Waals surface area (Å²) in [6.45, 7) is 5.78. The summed E-state index contributed by atoms with van der Waals surface area (Å²) in [5.74, 6) is -1.18. The number of carbonyl (C=O) groups is 2. The molecule has 1 amide bonds. The Morgan fingerprint density at radius 1 is 0.448 bits per heavy atom. The predicted molar refractivity (Wildman–Crippen MR) is 366 cm³/mol. The Morgan fingerprint density at radius 3 is 1.20 bits per heavy atom. The molecule has 0 spiro atoms. The molecule has 1 aliphatic rings. The molecule has 1 fully saturated rings. The van der Waals surface area contributed by atoms with E-state index in [2.05, 4.69) is 74.7 Å². The Bertz CT molecular complexity index is 1650.